The third kappa shape index (κ3) is 3.56. The molecule has 0 aliphatic carbocycles. The van der Waals surface area contributed by atoms with Crippen LogP contribution in [0.1, 0.15) is 27.7 Å². The quantitative estimate of drug-likeness (QED) is 0.807. The number of esters is 1. The first-order valence-corrected chi connectivity index (χ1v) is 7.07. The number of carbonyl (C=O) groups excluding carboxylic acids is 2. The van der Waals surface area contributed by atoms with E-state index < -0.39 is 29.6 Å². The van der Waals surface area contributed by atoms with Crippen LogP contribution in [0.15, 0.2) is 36.5 Å². The van der Waals surface area contributed by atoms with Gasteiger partial charge in [-0.2, -0.15) is 0 Å². The van der Waals surface area contributed by atoms with Crippen molar-refractivity contribution in [1.82, 2.24) is 9.88 Å². The van der Waals surface area contributed by atoms with E-state index in [9.17, 15) is 18.4 Å². The fraction of sp³-hybridized carbons (Fsp3) is 0.235. The molecule has 1 heterocycles. The summed E-state index contributed by atoms with van der Waals surface area (Å²) in [7, 11) is 2.42. The van der Waals surface area contributed by atoms with Gasteiger partial charge in [-0.25, -0.2) is 13.6 Å². The highest BCUT2D eigenvalue weighted by Crippen LogP contribution is 2.26. The predicted octanol–water partition coefficient (Wildman–Crippen LogP) is 2.65. The maximum absolute atomic E-state index is 14.1. The van der Waals surface area contributed by atoms with E-state index in [0.29, 0.717) is 0 Å². The molecule has 1 amide bonds. The van der Waals surface area contributed by atoms with Crippen molar-refractivity contribution in [3.63, 3.8) is 0 Å². The average molecular weight is 334 g/mol. The van der Waals surface area contributed by atoms with Crippen LogP contribution in [0.3, 0.4) is 0 Å². The van der Waals surface area contributed by atoms with Crippen molar-refractivity contribution >= 4 is 11.9 Å². The molecule has 0 spiro atoms. The number of methoxy groups -OCH3 is 1. The van der Waals surface area contributed by atoms with Crippen LogP contribution in [0.25, 0.3) is 0 Å². The van der Waals surface area contributed by atoms with Gasteiger partial charge in [0.1, 0.15) is 11.6 Å². The Morgan fingerprint density at radius 1 is 1.21 bits per heavy atom. The lowest BCUT2D eigenvalue weighted by Gasteiger charge is -2.26. The third-order valence-electron chi connectivity index (χ3n) is 3.54. The number of halogens is 2. The molecule has 1 atom stereocenters. The Morgan fingerprint density at radius 2 is 1.92 bits per heavy atom. The van der Waals surface area contributed by atoms with Crippen molar-refractivity contribution in [1.29, 1.82) is 0 Å². The number of hydrogen-bond acceptors (Lipinski definition) is 4. The van der Waals surface area contributed by atoms with E-state index in [1.165, 1.54) is 19.3 Å². The lowest BCUT2D eigenvalue weighted by atomic mass is 10.0. The second-order valence-electron chi connectivity index (χ2n) is 5.20. The van der Waals surface area contributed by atoms with E-state index in [4.69, 9.17) is 0 Å². The number of likely N-dealkylation sites (N-methyl/N-ethyl adjacent to an activating group) is 1. The van der Waals surface area contributed by atoms with E-state index in [-0.39, 0.29) is 11.1 Å². The van der Waals surface area contributed by atoms with Gasteiger partial charge in [0.15, 0.2) is 6.04 Å². The normalized spacial score (nSPS) is 11.7. The lowest BCUT2D eigenvalue weighted by Crippen LogP contribution is -2.37. The molecule has 0 aliphatic rings. The Kier molecular flexibility index (Phi) is 5.23. The van der Waals surface area contributed by atoms with Gasteiger partial charge in [-0.1, -0.05) is 0 Å². The average Bonchev–Trinajstić information content (AvgIpc) is 2.57. The lowest BCUT2D eigenvalue weighted by molar-refractivity contribution is -0.146. The summed E-state index contributed by atoms with van der Waals surface area (Å²) in [6.07, 6.45) is 1.35. The van der Waals surface area contributed by atoms with Crippen LogP contribution < -0.4 is 0 Å². The zero-order valence-electron chi connectivity index (χ0n) is 13.4. The van der Waals surface area contributed by atoms with E-state index >= 15 is 0 Å². The minimum atomic E-state index is -1.42. The van der Waals surface area contributed by atoms with Gasteiger partial charge >= 0.3 is 5.97 Å². The third-order valence-corrected chi connectivity index (χ3v) is 3.54. The zero-order valence-corrected chi connectivity index (χ0v) is 13.4. The summed E-state index contributed by atoms with van der Waals surface area (Å²) in [6, 6.07) is 4.45. The number of rotatable bonds is 4. The first kappa shape index (κ1) is 17.5. The Hall–Kier alpha value is -2.83. The van der Waals surface area contributed by atoms with Crippen molar-refractivity contribution in [3.05, 3.63) is 65.0 Å². The summed E-state index contributed by atoms with van der Waals surface area (Å²) in [5.74, 6) is -2.98. The highest BCUT2D eigenvalue weighted by atomic mass is 19.1. The maximum Gasteiger partial charge on any atom is 0.333 e. The molecule has 0 fully saturated rings. The number of pyridine rings is 1. The highest BCUT2D eigenvalue weighted by molar-refractivity contribution is 5.96. The number of benzene rings is 1. The van der Waals surface area contributed by atoms with Crippen molar-refractivity contribution in [2.45, 2.75) is 13.0 Å². The standard InChI is InChI=1S/C17H16F2N2O3/c1-10-4-5-11(9-20-10)16(22)21(2)15(17(23)24-3)13-8-12(18)6-7-14(13)19/h4-9,15H,1-3H3/t15-/m0/s1. The molecule has 0 aliphatic heterocycles. The smallest absolute Gasteiger partial charge is 0.333 e. The molecular formula is C17H16F2N2O3. The summed E-state index contributed by atoms with van der Waals surface area (Å²) < 4.78 is 32.2. The molecule has 0 N–H and O–H groups in total. The van der Waals surface area contributed by atoms with Gasteiger partial charge in [-0.15, -0.1) is 0 Å². The molecule has 24 heavy (non-hydrogen) atoms. The summed E-state index contributed by atoms with van der Waals surface area (Å²) in [5.41, 5.74) is 0.654. The molecule has 7 heteroatoms. The molecule has 0 saturated carbocycles. The number of carbonyl (C=O) groups is 2. The Balaban J connectivity index is 2.44. The molecule has 0 radical (unpaired) electrons. The van der Waals surface area contributed by atoms with E-state index in [1.54, 1.807) is 13.0 Å². The second kappa shape index (κ2) is 7.16. The van der Waals surface area contributed by atoms with Gasteiger partial charge in [0.25, 0.3) is 5.91 Å². The maximum atomic E-state index is 14.1. The fourth-order valence-corrected chi connectivity index (χ4v) is 2.24. The molecule has 0 bridgehead atoms. The molecule has 0 saturated heterocycles. The van der Waals surface area contributed by atoms with Crippen molar-refractivity contribution in [2.24, 2.45) is 0 Å². The van der Waals surface area contributed by atoms with Crippen LogP contribution in [-0.2, 0) is 9.53 Å². The number of aromatic nitrogens is 1. The van der Waals surface area contributed by atoms with Crippen LogP contribution in [0.4, 0.5) is 8.78 Å². The van der Waals surface area contributed by atoms with Gasteiger partial charge in [0, 0.05) is 24.5 Å². The number of amides is 1. The first-order valence-electron chi connectivity index (χ1n) is 7.07. The summed E-state index contributed by atoms with van der Waals surface area (Å²) >= 11 is 0. The van der Waals surface area contributed by atoms with Gasteiger partial charge in [0.2, 0.25) is 0 Å². The van der Waals surface area contributed by atoms with Crippen molar-refractivity contribution in [2.75, 3.05) is 14.2 Å². The van der Waals surface area contributed by atoms with Crippen LogP contribution in [0.2, 0.25) is 0 Å². The largest absolute Gasteiger partial charge is 0.467 e. The molecular weight excluding hydrogens is 318 g/mol. The second-order valence-corrected chi connectivity index (χ2v) is 5.20. The first-order chi connectivity index (χ1) is 11.3. The highest BCUT2D eigenvalue weighted by Gasteiger charge is 2.32. The number of aryl methyl sites for hydroxylation is 1. The summed E-state index contributed by atoms with van der Waals surface area (Å²) in [4.78, 5) is 29.6. The van der Waals surface area contributed by atoms with Gasteiger partial charge < -0.3 is 9.64 Å². The molecule has 5 nitrogen and oxygen atoms in total. The molecule has 1 aromatic carbocycles. The minimum absolute atomic E-state index is 0.216. The van der Waals surface area contributed by atoms with Crippen LogP contribution in [-0.4, -0.2) is 35.9 Å². The molecule has 2 rings (SSSR count). The molecule has 0 unspecified atom stereocenters. The van der Waals surface area contributed by atoms with Gasteiger partial charge in [-0.05, 0) is 37.3 Å². The summed E-state index contributed by atoms with van der Waals surface area (Å²) in [6.45, 7) is 1.76. The topological polar surface area (TPSA) is 59.5 Å². The van der Waals surface area contributed by atoms with Crippen LogP contribution in [0, 0.1) is 18.6 Å². The van der Waals surface area contributed by atoms with Gasteiger partial charge in [0.05, 0.1) is 12.7 Å². The molecule has 2 aromatic rings. The van der Waals surface area contributed by atoms with Crippen molar-refractivity contribution in [3.8, 4) is 0 Å². The Morgan fingerprint density at radius 3 is 2.50 bits per heavy atom. The van der Waals surface area contributed by atoms with Crippen LogP contribution >= 0.6 is 0 Å². The van der Waals surface area contributed by atoms with Gasteiger partial charge in [-0.3, -0.25) is 9.78 Å². The Labute approximate surface area is 137 Å². The van der Waals surface area contributed by atoms with E-state index in [1.807, 2.05) is 0 Å². The van der Waals surface area contributed by atoms with E-state index in [2.05, 4.69) is 9.72 Å². The van der Waals surface area contributed by atoms with Crippen molar-refractivity contribution < 1.29 is 23.1 Å². The Bertz CT molecular complexity index is 763. The minimum Gasteiger partial charge on any atom is -0.467 e. The monoisotopic (exact) mass is 334 g/mol. The molecule has 1 aromatic heterocycles. The number of hydrogen-bond donors (Lipinski definition) is 0. The number of ether oxygens (including phenoxy) is 1. The SMILES string of the molecule is COC(=O)[C@H](c1cc(F)ccc1F)N(C)C(=O)c1ccc(C)nc1. The zero-order chi connectivity index (χ0) is 17.9. The predicted molar refractivity (Wildman–Crippen MR) is 82.2 cm³/mol. The number of nitrogens with zero attached hydrogens (tertiary/aromatic N) is 2. The van der Waals surface area contributed by atoms with E-state index in [0.717, 1.165) is 35.9 Å². The fourth-order valence-electron chi connectivity index (χ4n) is 2.24. The molecule has 126 valence electrons. The van der Waals surface area contributed by atoms with Crippen LogP contribution in [0.5, 0.6) is 0 Å². The summed E-state index contributed by atoms with van der Waals surface area (Å²) in [5, 5.41) is 0.